The molecule has 2 fully saturated rings. The highest BCUT2D eigenvalue weighted by molar-refractivity contribution is 6.05. The lowest BCUT2D eigenvalue weighted by Gasteiger charge is -2.35. The standard InChI is InChI=1S/C56H82N6O14/c1-13-34(8)46-44(63)29-45(64)76-49(33(6)7)48(65)35(9)50(66)57-41(27-32(4)5)53(69)62-25-17-20-42(62)54(70)61(11)43(28-37-21-23-39(73-12)24-22-37)55(71)75-36(10)47(52(68)59-46)60-51(67)40(26-31(2)3)58-56(72)74-30-38-18-15-14-16-19-38/h14-16,18-19,21-24,31-36,40-44,46-47,49,63H,13,17,20,25-30H2,1-12H3,(H,57,66)(H,58,72)(H,59,68)(H,60,67)/t34-,35-,36+,40+,41-,42-,43-,44-,46+,47-,49-/m0/s1. The van der Waals surface area contributed by atoms with E-state index in [9.17, 15) is 48.3 Å². The second-order valence-corrected chi connectivity index (χ2v) is 21.4. The highest BCUT2D eigenvalue weighted by Gasteiger charge is 2.44. The molecule has 5 N–H and O–H groups in total. The highest BCUT2D eigenvalue weighted by atomic mass is 16.6. The van der Waals surface area contributed by atoms with Gasteiger partial charge in [0.05, 0.1) is 31.6 Å². The van der Waals surface area contributed by atoms with Crippen molar-refractivity contribution in [1.29, 1.82) is 0 Å². The predicted octanol–water partition coefficient (Wildman–Crippen LogP) is 4.41. The summed E-state index contributed by atoms with van der Waals surface area (Å²) >= 11 is 0. The van der Waals surface area contributed by atoms with Crippen LogP contribution in [0.3, 0.4) is 0 Å². The molecule has 2 aliphatic rings. The van der Waals surface area contributed by atoms with Crippen LogP contribution < -0.4 is 26.0 Å². The third-order valence-electron chi connectivity index (χ3n) is 14.0. The summed E-state index contributed by atoms with van der Waals surface area (Å²) in [6.45, 7) is 16.9. The van der Waals surface area contributed by atoms with E-state index >= 15 is 0 Å². The average Bonchev–Trinajstić information content (AvgIpc) is 3.88. The molecule has 2 aliphatic heterocycles. The van der Waals surface area contributed by atoms with E-state index in [1.54, 1.807) is 76.2 Å². The second kappa shape index (κ2) is 29.1. The molecule has 0 aliphatic carbocycles. The molecule has 4 rings (SSSR count). The van der Waals surface area contributed by atoms with Gasteiger partial charge in [-0.15, -0.1) is 0 Å². The SMILES string of the molecule is CC[C@H](C)[C@H]1NC(=O)[C@@H](NC(=O)[C@@H](CC(C)C)NC(=O)OCc2ccccc2)[C@@H](C)OC(=O)[C@H](Cc2ccc(OC)cc2)N(C)C(=O)[C@@H]2CCCN2C(=O)[C@H](CC(C)C)NC(=O)[C@@H](C)C(=O)[C@H](C(C)C)OC(=O)C[C@@H]1O. The second-order valence-electron chi connectivity index (χ2n) is 21.4. The van der Waals surface area contributed by atoms with Crippen LogP contribution >= 0.6 is 0 Å². The number of likely N-dealkylation sites (N-methyl/N-ethyl adjacent to an activating group) is 1. The zero-order valence-electron chi connectivity index (χ0n) is 46.3. The smallest absolute Gasteiger partial charge is 0.408 e. The van der Waals surface area contributed by atoms with Crippen molar-refractivity contribution in [3.8, 4) is 5.75 Å². The molecule has 0 saturated carbocycles. The van der Waals surface area contributed by atoms with Gasteiger partial charge in [-0.2, -0.15) is 0 Å². The van der Waals surface area contributed by atoms with Gasteiger partial charge in [0.1, 0.15) is 48.7 Å². The molecule has 2 aromatic carbocycles. The van der Waals surface area contributed by atoms with Crippen molar-refractivity contribution in [3.05, 3.63) is 65.7 Å². The fourth-order valence-corrected chi connectivity index (χ4v) is 9.33. The number of nitrogens with zero attached hydrogens (tertiary/aromatic N) is 2. The highest BCUT2D eigenvalue weighted by Crippen LogP contribution is 2.26. The molecule has 20 heteroatoms. The largest absolute Gasteiger partial charge is 0.497 e. The minimum absolute atomic E-state index is 0.0870. The Morgan fingerprint density at radius 1 is 0.842 bits per heavy atom. The number of methoxy groups -OCH3 is 1. The Labute approximate surface area is 447 Å². The summed E-state index contributed by atoms with van der Waals surface area (Å²) in [7, 11) is 2.90. The van der Waals surface area contributed by atoms with Crippen LogP contribution in [0.4, 0.5) is 4.79 Å². The number of ether oxygens (including phenoxy) is 4. The topological polar surface area (TPSA) is 265 Å². The van der Waals surface area contributed by atoms with Gasteiger partial charge in [0.2, 0.25) is 29.5 Å². The number of hydrogen-bond donors (Lipinski definition) is 5. The summed E-state index contributed by atoms with van der Waals surface area (Å²) < 4.78 is 22.6. The number of aliphatic hydroxyl groups excluding tert-OH is 1. The van der Waals surface area contributed by atoms with Gasteiger partial charge in [0.25, 0.3) is 0 Å². The Morgan fingerprint density at radius 3 is 2.09 bits per heavy atom. The summed E-state index contributed by atoms with van der Waals surface area (Å²) in [6.07, 6.45) is -5.08. The summed E-state index contributed by atoms with van der Waals surface area (Å²) in [5.41, 5.74) is 1.28. The number of benzene rings is 2. The average molecular weight is 1060 g/mol. The van der Waals surface area contributed by atoms with Gasteiger partial charge in [0.15, 0.2) is 11.9 Å². The van der Waals surface area contributed by atoms with Crippen LogP contribution in [-0.2, 0) is 65.6 Å². The Morgan fingerprint density at radius 2 is 1.50 bits per heavy atom. The number of Topliss-reactive ketones (excluding diaryl/α,β-unsaturated/α-hetero) is 1. The zero-order chi connectivity index (χ0) is 56.6. The zero-order valence-corrected chi connectivity index (χ0v) is 46.3. The molecule has 11 atom stereocenters. The van der Waals surface area contributed by atoms with E-state index in [1.165, 1.54) is 37.8 Å². The normalized spacial score (nSPS) is 25.7. The van der Waals surface area contributed by atoms with Gasteiger partial charge in [-0.1, -0.05) is 104 Å². The number of nitrogens with one attached hydrogen (secondary N) is 4. The molecule has 0 radical (unpaired) electrons. The number of alkyl carbamates (subject to hydrolysis) is 1. The maximum absolute atomic E-state index is 14.8. The van der Waals surface area contributed by atoms with Crippen LogP contribution in [0.1, 0.15) is 119 Å². The summed E-state index contributed by atoms with van der Waals surface area (Å²) in [6, 6.07) is 7.85. The maximum atomic E-state index is 14.8. The molecule has 0 spiro atoms. The number of aliphatic hydroxyl groups is 1. The number of rotatable bonds is 15. The third-order valence-corrected chi connectivity index (χ3v) is 14.0. The van der Waals surface area contributed by atoms with Crippen molar-refractivity contribution < 1.29 is 67.2 Å². The number of cyclic esters (lactones) is 2. The van der Waals surface area contributed by atoms with E-state index in [-0.39, 0.29) is 50.7 Å². The van der Waals surface area contributed by atoms with Crippen LogP contribution in [-0.4, -0.2) is 144 Å². The first-order valence-corrected chi connectivity index (χ1v) is 26.6. The van der Waals surface area contributed by atoms with Crippen LogP contribution in [0.25, 0.3) is 0 Å². The van der Waals surface area contributed by atoms with E-state index in [2.05, 4.69) is 21.3 Å². The van der Waals surface area contributed by atoms with Crippen LogP contribution in [0.2, 0.25) is 0 Å². The van der Waals surface area contributed by atoms with Gasteiger partial charge in [0, 0.05) is 20.0 Å². The minimum atomic E-state index is -1.72. The first-order chi connectivity index (χ1) is 35.9. The predicted molar refractivity (Wildman–Crippen MR) is 281 cm³/mol. The number of esters is 2. The number of hydrogen-bond acceptors (Lipinski definition) is 14. The molecule has 2 aromatic rings. The Hall–Kier alpha value is -6.57. The van der Waals surface area contributed by atoms with Crippen molar-refractivity contribution >= 4 is 53.4 Å². The summed E-state index contributed by atoms with van der Waals surface area (Å²) in [5.74, 6) is -8.82. The maximum Gasteiger partial charge on any atom is 0.408 e. The Bertz CT molecular complexity index is 2310. The molecule has 76 heavy (non-hydrogen) atoms. The molecule has 0 unspecified atom stereocenters. The number of carbonyl (C=O) groups excluding carboxylic acids is 9. The van der Waals surface area contributed by atoms with Crippen molar-refractivity contribution in [2.24, 2.45) is 29.6 Å². The number of amides is 6. The minimum Gasteiger partial charge on any atom is -0.497 e. The van der Waals surface area contributed by atoms with E-state index in [0.717, 1.165) is 0 Å². The fraction of sp³-hybridized carbons (Fsp3) is 0.625. The molecule has 0 bridgehead atoms. The first-order valence-electron chi connectivity index (χ1n) is 26.6. The molecular weight excluding hydrogens is 981 g/mol. The van der Waals surface area contributed by atoms with Crippen molar-refractivity contribution in [1.82, 2.24) is 31.1 Å². The molecule has 20 nitrogen and oxygen atoms in total. The van der Waals surface area contributed by atoms with Gasteiger partial charge in [-0.05, 0) is 86.5 Å². The third kappa shape index (κ3) is 17.5. The molecule has 0 aromatic heterocycles. The Balaban J connectivity index is 1.84. The van der Waals surface area contributed by atoms with Crippen molar-refractivity contribution in [2.45, 2.75) is 175 Å². The van der Waals surface area contributed by atoms with E-state index < -0.39 is 132 Å². The number of carbonyl (C=O) groups is 9. The van der Waals surface area contributed by atoms with Crippen LogP contribution in [0.15, 0.2) is 54.6 Å². The lowest BCUT2D eigenvalue weighted by molar-refractivity contribution is -0.163. The monoisotopic (exact) mass is 1060 g/mol. The Kier molecular flexibility index (Phi) is 23.7. The van der Waals surface area contributed by atoms with Gasteiger partial charge in [-0.25, -0.2) is 9.59 Å². The molecular formula is C56H82N6O14. The fourth-order valence-electron chi connectivity index (χ4n) is 9.33. The molecule has 6 amide bonds. The van der Waals surface area contributed by atoms with Crippen molar-refractivity contribution in [2.75, 3.05) is 20.7 Å². The molecule has 2 heterocycles. The van der Waals surface area contributed by atoms with Crippen LogP contribution in [0.5, 0.6) is 5.75 Å². The van der Waals surface area contributed by atoms with Gasteiger partial charge < -0.3 is 55.1 Å². The number of fused-ring (bicyclic) bond motifs is 1. The van der Waals surface area contributed by atoms with E-state index in [4.69, 9.17) is 18.9 Å². The lowest BCUT2D eigenvalue weighted by Crippen LogP contribution is -2.61. The van der Waals surface area contributed by atoms with Crippen molar-refractivity contribution in [3.63, 3.8) is 0 Å². The lowest BCUT2D eigenvalue weighted by atomic mass is 9.91. The van der Waals surface area contributed by atoms with E-state index in [1.807, 2.05) is 33.8 Å². The summed E-state index contributed by atoms with van der Waals surface area (Å²) in [4.78, 5) is 131. The number of ketones is 1. The van der Waals surface area contributed by atoms with Crippen LogP contribution in [0, 0.1) is 29.6 Å². The van der Waals surface area contributed by atoms with E-state index in [0.29, 0.717) is 29.7 Å². The van der Waals surface area contributed by atoms with Gasteiger partial charge in [-0.3, -0.25) is 33.6 Å². The quantitative estimate of drug-likeness (QED) is 0.0940. The summed E-state index contributed by atoms with van der Waals surface area (Å²) in [5, 5.41) is 22.6. The molecule has 2 saturated heterocycles. The van der Waals surface area contributed by atoms with Gasteiger partial charge >= 0.3 is 18.0 Å². The first kappa shape index (κ1) is 62.0. The molecule has 420 valence electrons.